The van der Waals surface area contributed by atoms with E-state index in [0.717, 1.165) is 75.9 Å². The minimum atomic E-state index is -1.23. The van der Waals surface area contributed by atoms with Crippen LogP contribution < -0.4 is 11.1 Å². The molecule has 2 aliphatic carbocycles. The van der Waals surface area contributed by atoms with Crippen molar-refractivity contribution < 1.29 is 23.5 Å². The standard InChI is InChI=1S/C41H62FN7O4Si/c1-26-34(27(2)48(46-26)25-53-23-24-54(4,5)6)32-17-18-33(44-39(32)42)45-41(51)37(36(29-13-9-7-10-14-29)30-15-11-8-12-16-30)38-35(40(43)50)28(3)49(47-38)31-19-21-52-22-20-31/h17-18,29-31,36-37H,7-16,19-25H2,1-6H3,(H2,43,50)(H,44,45,51)/t37-/m0/s1. The lowest BCUT2D eigenvalue weighted by Gasteiger charge is -2.41. The highest BCUT2D eigenvalue weighted by Crippen LogP contribution is 2.48. The van der Waals surface area contributed by atoms with Gasteiger partial charge in [-0.1, -0.05) is 83.8 Å². The molecule has 2 amide bonds. The van der Waals surface area contributed by atoms with E-state index in [1.165, 1.54) is 12.8 Å². The van der Waals surface area contributed by atoms with Gasteiger partial charge in [-0.25, -0.2) is 9.67 Å². The second-order valence-electron chi connectivity index (χ2n) is 17.3. The average molecular weight is 764 g/mol. The molecular weight excluding hydrogens is 702 g/mol. The Balaban J connectivity index is 1.34. The van der Waals surface area contributed by atoms with Crippen molar-refractivity contribution in [2.45, 2.75) is 142 Å². The van der Waals surface area contributed by atoms with E-state index in [1.54, 1.807) is 16.8 Å². The predicted octanol–water partition coefficient (Wildman–Crippen LogP) is 8.47. The number of hydrogen-bond acceptors (Lipinski definition) is 7. The van der Waals surface area contributed by atoms with Crippen molar-refractivity contribution in [3.8, 4) is 11.1 Å². The van der Waals surface area contributed by atoms with Crippen molar-refractivity contribution in [3.05, 3.63) is 46.4 Å². The van der Waals surface area contributed by atoms with Gasteiger partial charge in [0, 0.05) is 50.4 Å². The Hall–Kier alpha value is -3.42. The molecule has 1 aliphatic heterocycles. The van der Waals surface area contributed by atoms with Gasteiger partial charge in [-0.15, -0.1) is 0 Å². The van der Waals surface area contributed by atoms with Crippen LogP contribution in [0.25, 0.3) is 11.1 Å². The Morgan fingerprint density at radius 3 is 2.15 bits per heavy atom. The third kappa shape index (κ3) is 9.16. The summed E-state index contributed by atoms with van der Waals surface area (Å²) >= 11 is 0. The Kier molecular flexibility index (Phi) is 13.1. The lowest BCUT2D eigenvalue weighted by Crippen LogP contribution is -2.39. The number of rotatable bonds is 14. The number of ether oxygens (including phenoxy) is 2. The number of halogens is 1. The molecule has 0 spiro atoms. The van der Waals surface area contributed by atoms with Crippen LogP contribution in [0.15, 0.2) is 12.1 Å². The topological polar surface area (TPSA) is 139 Å². The normalized spacial score (nSPS) is 18.7. The van der Waals surface area contributed by atoms with E-state index in [0.29, 0.717) is 72.2 Å². The van der Waals surface area contributed by atoms with Gasteiger partial charge in [0.1, 0.15) is 12.5 Å². The van der Waals surface area contributed by atoms with Gasteiger partial charge in [0.2, 0.25) is 11.9 Å². The molecule has 3 fully saturated rings. The number of primary amides is 1. The summed E-state index contributed by atoms with van der Waals surface area (Å²) in [5.74, 6) is -1.63. The zero-order chi connectivity index (χ0) is 38.6. The van der Waals surface area contributed by atoms with Gasteiger partial charge < -0.3 is 20.5 Å². The number of hydrogen-bond donors (Lipinski definition) is 2. The van der Waals surface area contributed by atoms with E-state index < -0.39 is 25.8 Å². The molecular formula is C41H62FN7O4Si. The first kappa shape index (κ1) is 40.2. The molecule has 0 radical (unpaired) electrons. The van der Waals surface area contributed by atoms with E-state index in [9.17, 15) is 9.59 Å². The van der Waals surface area contributed by atoms with Crippen LogP contribution in [-0.2, 0) is 21.0 Å². The van der Waals surface area contributed by atoms with E-state index >= 15 is 4.39 Å². The number of pyridine rings is 1. The number of nitrogens with two attached hydrogens (primary N) is 1. The van der Waals surface area contributed by atoms with Crippen molar-refractivity contribution in [2.75, 3.05) is 25.1 Å². The summed E-state index contributed by atoms with van der Waals surface area (Å²) in [6.45, 7) is 14.8. The Labute approximate surface area is 321 Å². The number of aryl methyl sites for hydroxylation is 1. The van der Waals surface area contributed by atoms with Crippen LogP contribution in [0.5, 0.6) is 0 Å². The lowest BCUT2D eigenvalue weighted by atomic mass is 9.63. The summed E-state index contributed by atoms with van der Waals surface area (Å²) in [6.07, 6.45) is 12.5. The first-order valence-corrected chi connectivity index (χ1v) is 24.1. The van der Waals surface area contributed by atoms with Gasteiger partial charge in [0.05, 0.1) is 28.9 Å². The molecule has 1 atom stereocenters. The molecule has 2 saturated carbocycles. The summed E-state index contributed by atoms with van der Waals surface area (Å²) in [6, 6.07) is 4.42. The lowest BCUT2D eigenvalue weighted by molar-refractivity contribution is -0.120. The van der Waals surface area contributed by atoms with Crippen molar-refractivity contribution >= 4 is 25.7 Å². The third-order valence-electron chi connectivity index (χ3n) is 12.3. The second-order valence-corrected chi connectivity index (χ2v) is 22.9. The van der Waals surface area contributed by atoms with Crippen LogP contribution in [0.4, 0.5) is 10.2 Å². The van der Waals surface area contributed by atoms with E-state index in [4.69, 9.17) is 20.3 Å². The number of anilines is 1. The largest absolute Gasteiger partial charge is 0.381 e. The number of aromatic nitrogens is 5. The number of carbonyl (C=O) groups excluding carboxylic acids is 2. The molecule has 11 nitrogen and oxygen atoms in total. The van der Waals surface area contributed by atoms with E-state index in [1.807, 2.05) is 25.5 Å². The minimum Gasteiger partial charge on any atom is -0.381 e. The molecule has 3 aliphatic rings. The second kappa shape index (κ2) is 17.6. The highest BCUT2D eigenvalue weighted by Gasteiger charge is 2.45. The zero-order valence-corrected chi connectivity index (χ0v) is 34.4. The third-order valence-corrected chi connectivity index (χ3v) is 14.0. The van der Waals surface area contributed by atoms with Crippen molar-refractivity contribution in [3.63, 3.8) is 0 Å². The first-order chi connectivity index (χ1) is 25.8. The van der Waals surface area contributed by atoms with E-state index in [-0.39, 0.29) is 23.7 Å². The fourth-order valence-corrected chi connectivity index (χ4v) is 10.2. The molecule has 0 aromatic carbocycles. The molecule has 54 heavy (non-hydrogen) atoms. The quantitative estimate of drug-likeness (QED) is 0.0954. The van der Waals surface area contributed by atoms with Crippen LogP contribution in [0.2, 0.25) is 25.7 Å². The maximum atomic E-state index is 16.1. The highest BCUT2D eigenvalue weighted by molar-refractivity contribution is 6.76. The van der Waals surface area contributed by atoms with Crippen LogP contribution in [0, 0.1) is 44.5 Å². The molecule has 1 saturated heterocycles. The van der Waals surface area contributed by atoms with Crippen LogP contribution in [0.3, 0.4) is 0 Å². The summed E-state index contributed by atoms with van der Waals surface area (Å²) < 4.78 is 31.4. The van der Waals surface area contributed by atoms with Gasteiger partial charge in [-0.3, -0.25) is 14.3 Å². The number of nitrogens with zero attached hydrogens (tertiary/aromatic N) is 5. The Morgan fingerprint density at radius 2 is 1.57 bits per heavy atom. The van der Waals surface area contributed by atoms with Gasteiger partial charge >= 0.3 is 0 Å². The van der Waals surface area contributed by atoms with Crippen molar-refractivity contribution in [1.29, 1.82) is 0 Å². The molecule has 0 unspecified atom stereocenters. The summed E-state index contributed by atoms with van der Waals surface area (Å²) in [5, 5.41) is 12.8. The maximum absolute atomic E-state index is 16.1. The van der Waals surface area contributed by atoms with E-state index in [2.05, 4.69) is 35.0 Å². The fraction of sp³-hybridized carbons (Fsp3) is 0.683. The predicted molar refractivity (Wildman–Crippen MR) is 212 cm³/mol. The summed E-state index contributed by atoms with van der Waals surface area (Å²) in [5.41, 5.74) is 10.1. The van der Waals surface area contributed by atoms with Crippen LogP contribution in [-0.4, -0.2) is 64.3 Å². The maximum Gasteiger partial charge on any atom is 0.252 e. The smallest absolute Gasteiger partial charge is 0.252 e. The monoisotopic (exact) mass is 763 g/mol. The highest BCUT2D eigenvalue weighted by atomic mass is 28.3. The molecule has 0 bridgehead atoms. The summed E-state index contributed by atoms with van der Waals surface area (Å²) in [7, 11) is -1.23. The van der Waals surface area contributed by atoms with Gasteiger partial charge in [0.15, 0.2) is 0 Å². The van der Waals surface area contributed by atoms with Gasteiger partial charge in [0.25, 0.3) is 5.91 Å². The number of nitrogens with one attached hydrogen (secondary N) is 1. The summed E-state index contributed by atoms with van der Waals surface area (Å²) in [4.78, 5) is 32.6. The molecule has 296 valence electrons. The van der Waals surface area contributed by atoms with Crippen molar-refractivity contribution in [1.82, 2.24) is 24.5 Å². The molecule has 3 aromatic rings. The van der Waals surface area contributed by atoms with Crippen molar-refractivity contribution in [2.24, 2.45) is 23.5 Å². The molecule has 4 heterocycles. The van der Waals surface area contributed by atoms with Gasteiger partial charge in [-0.05, 0) is 69.5 Å². The number of carbonyl (C=O) groups is 2. The average Bonchev–Trinajstić information content (AvgIpc) is 3.63. The minimum absolute atomic E-state index is 0.0330. The van der Waals surface area contributed by atoms with Gasteiger partial charge in [-0.2, -0.15) is 14.6 Å². The zero-order valence-electron chi connectivity index (χ0n) is 33.4. The molecule has 13 heteroatoms. The SMILES string of the molecule is Cc1nn(COCC[Si](C)(C)C)c(C)c1-c1ccc(NC(=O)[C@H](c2nn(C3CCOCC3)c(C)c2C(N)=O)C(C2CCCCC2)C2CCCCC2)nc1F. The first-order valence-electron chi connectivity index (χ1n) is 20.4. The van der Waals surface area contributed by atoms with Crippen LogP contribution in [0.1, 0.15) is 122 Å². The van der Waals surface area contributed by atoms with Crippen LogP contribution >= 0.6 is 0 Å². The Morgan fingerprint density at radius 1 is 0.944 bits per heavy atom. The molecule has 3 N–H and O–H groups in total. The fourth-order valence-electron chi connectivity index (χ4n) is 9.43. The number of amides is 2. The molecule has 6 rings (SSSR count). The molecule has 3 aromatic heterocycles. The Bertz CT molecular complexity index is 1750.